The second kappa shape index (κ2) is 6.07. The number of fused-ring (bicyclic) bond motifs is 1. The number of amides is 1. The first-order valence-corrected chi connectivity index (χ1v) is 8.58. The topological polar surface area (TPSA) is 23.6 Å². The van der Waals surface area contributed by atoms with Crippen molar-refractivity contribution in [2.45, 2.75) is 25.7 Å². The molecule has 1 amide bonds. The molecule has 2 aromatic rings. The highest BCUT2D eigenvalue weighted by molar-refractivity contribution is 5.94. The van der Waals surface area contributed by atoms with Crippen molar-refractivity contribution >= 4 is 17.3 Å². The summed E-state index contributed by atoms with van der Waals surface area (Å²) in [4.78, 5) is 16.9. The van der Waals surface area contributed by atoms with Gasteiger partial charge in [-0.1, -0.05) is 18.2 Å². The number of nitrogens with zero attached hydrogens (tertiary/aromatic N) is 2. The fourth-order valence-corrected chi connectivity index (χ4v) is 3.67. The first-order valence-electron chi connectivity index (χ1n) is 8.58. The largest absolute Gasteiger partial charge is 0.341 e. The van der Waals surface area contributed by atoms with Crippen molar-refractivity contribution in [2.24, 2.45) is 0 Å². The number of carbonyl (C=O) groups excluding carboxylic acids is 1. The van der Waals surface area contributed by atoms with Gasteiger partial charge in [0.05, 0.1) is 0 Å². The summed E-state index contributed by atoms with van der Waals surface area (Å²) >= 11 is 0. The van der Waals surface area contributed by atoms with Crippen LogP contribution in [0.5, 0.6) is 0 Å². The molecule has 0 saturated carbocycles. The molecule has 118 valence electrons. The SMILES string of the molecule is O=C(c1ccc(N2CCc3ccccc32)cc1)N1CCCCC1. The fraction of sp³-hybridized carbons (Fsp3) is 0.350. The number of hydrogen-bond acceptors (Lipinski definition) is 2. The number of para-hydroxylation sites is 1. The summed E-state index contributed by atoms with van der Waals surface area (Å²) in [5.41, 5.74) is 4.68. The van der Waals surface area contributed by atoms with Crippen LogP contribution in [0.3, 0.4) is 0 Å². The maximum atomic E-state index is 12.5. The molecule has 0 aliphatic carbocycles. The maximum Gasteiger partial charge on any atom is 0.253 e. The van der Waals surface area contributed by atoms with Gasteiger partial charge in [-0.15, -0.1) is 0 Å². The molecular formula is C20H22N2O. The summed E-state index contributed by atoms with van der Waals surface area (Å²) in [5.74, 6) is 0.179. The summed E-state index contributed by atoms with van der Waals surface area (Å²) in [6.45, 7) is 2.82. The van der Waals surface area contributed by atoms with Crippen molar-refractivity contribution in [1.29, 1.82) is 0 Å². The van der Waals surface area contributed by atoms with E-state index in [1.807, 2.05) is 17.0 Å². The average Bonchev–Trinajstić information content (AvgIpc) is 3.06. The third kappa shape index (κ3) is 2.72. The zero-order valence-electron chi connectivity index (χ0n) is 13.4. The Kier molecular flexibility index (Phi) is 3.78. The summed E-state index contributed by atoms with van der Waals surface area (Å²) in [6, 6.07) is 16.7. The minimum absolute atomic E-state index is 0.179. The van der Waals surface area contributed by atoms with E-state index < -0.39 is 0 Å². The monoisotopic (exact) mass is 306 g/mol. The lowest BCUT2D eigenvalue weighted by molar-refractivity contribution is 0.0724. The van der Waals surface area contributed by atoms with Crippen LogP contribution in [-0.4, -0.2) is 30.4 Å². The number of hydrogen-bond donors (Lipinski definition) is 0. The molecule has 2 aliphatic rings. The van der Waals surface area contributed by atoms with Crippen LogP contribution < -0.4 is 4.90 Å². The molecule has 0 bridgehead atoms. The predicted molar refractivity (Wildman–Crippen MR) is 93.3 cm³/mol. The van der Waals surface area contributed by atoms with Gasteiger partial charge in [-0.25, -0.2) is 0 Å². The summed E-state index contributed by atoms with van der Waals surface area (Å²) in [6.07, 6.45) is 4.60. The number of likely N-dealkylation sites (tertiary alicyclic amines) is 1. The van der Waals surface area contributed by atoms with Crippen LogP contribution in [0.2, 0.25) is 0 Å². The third-order valence-corrected chi connectivity index (χ3v) is 4.96. The molecule has 2 aromatic carbocycles. The molecule has 0 unspecified atom stereocenters. The van der Waals surface area contributed by atoms with Crippen molar-refractivity contribution < 1.29 is 4.79 Å². The number of carbonyl (C=O) groups is 1. The van der Waals surface area contributed by atoms with Gasteiger partial charge in [0, 0.05) is 36.6 Å². The molecule has 4 rings (SSSR count). The lowest BCUT2D eigenvalue weighted by atomic mass is 10.1. The number of rotatable bonds is 2. The van der Waals surface area contributed by atoms with E-state index in [2.05, 4.69) is 41.3 Å². The second-order valence-corrected chi connectivity index (χ2v) is 6.43. The Morgan fingerprint density at radius 1 is 0.826 bits per heavy atom. The molecule has 0 atom stereocenters. The number of anilines is 2. The lowest BCUT2D eigenvalue weighted by Gasteiger charge is -2.27. The Bertz CT molecular complexity index is 702. The Hall–Kier alpha value is -2.29. The lowest BCUT2D eigenvalue weighted by Crippen LogP contribution is -2.35. The van der Waals surface area contributed by atoms with E-state index in [1.165, 1.54) is 23.4 Å². The van der Waals surface area contributed by atoms with Gasteiger partial charge in [-0.2, -0.15) is 0 Å². The number of piperidine rings is 1. The van der Waals surface area contributed by atoms with Gasteiger partial charge in [0.1, 0.15) is 0 Å². The van der Waals surface area contributed by atoms with Crippen molar-refractivity contribution in [3.05, 3.63) is 59.7 Å². The minimum atomic E-state index is 0.179. The quantitative estimate of drug-likeness (QED) is 0.837. The Morgan fingerprint density at radius 2 is 1.57 bits per heavy atom. The summed E-state index contributed by atoms with van der Waals surface area (Å²) in [5, 5.41) is 0. The van der Waals surface area contributed by atoms with E-state index in [9.17, 15) is 4.79 Å². The average molecular weight is 306 g/mol. The molecular weight excluding hydrogens is 284 g/mol. The maximum absolute atomic E-state index is 12.5. The van der Waals surface area contributed by atoms with Crippen molar-refractivity contribution in [3.8, 4) is 0 Å². The highest BCUT2D eigenvalue weighted by atomic mass is 16.2. The molecule has 0 spiro atoms. The summed E-state index contributed by atoms with van der Waals surface area (Å²) < 4.78 is 0. The van der Waals surface area contributed by atoms with Crippen molar-refractivity contribution in [1.82, 2.24) is 4.90 Å². The van der Waals surface area contributed by atoms with Crippen molar-refractivity contribution in [3.63, 3.8) is 0 Å². The minimum Gasteiger partial charge on any atom is -0.341 e. The molecule has 0 radical (unpaired) electrons. The molecule has 2 heterocycles. The van der Waals surface area contributed by atoms with E-state index in [-0.39, 0.29) is 5.91 Å². The first kappa shape index (κ1) is 14.3. The van der Waals surface area contributed by atoms with Gasteiger partial charge in [0.2, 0.25) is 0 Å². The van der Waals surface area contributed by atoms with Crippen LogP contribution in [0, 0.1) is 0 Å². The molecule has 1 fully saturated rings. The van der Waals surface area contributed by atoms with E-state index >= 15 is 0 Å². The Labute approximate surface area is 137 Å². The van der Waals surface area contributed by atoms with Gasteiger partial charge in [0.25, 0.3) is 5.91 Å². The van der Waals surface area contributed by atoms with Crippen LogP contribution in [-0.2, 0) is 6.42 Å². The molecule has 3 heteroatoms. The first-order chi connectivity index (χ1) is 11.3. The zero-order chi connectivity index (χ0) is 15.6. The number of benzene rings is 2. The predicted octanol–water partition coefficient (Wildman–Crippen LogP) is 4.01. The van der Waals surface area contributed by atoms with Crippen LogP contribution in [0.15, 0.2) is 48.5 Å². The molecule has 1 saturated heterocycles. The van der Waals surface area contributed by atoms with E-state index in [4.69, 9.17) is 0 Å². The molecule has 0 aromatic heterocycles. The van der Waals surface area contributed by atoms with E-state index in [0.29, 0.717) is 0 Å². The smallest absolute Gasteiger partial charge is 0.253 e. The van der Waals surface area contributed by atoms with Crippen LogP contribution in [0.25, 0.3) is 0 Å². The zero-order valence-corrected chi connectivity index (χ0v) is 13.4. The molecule has 0 N–H and O–H groups in total. The van der Waals surface area contributed by atoms with Gasteiger partial charge in [-0.05, 0) is 61.6 Å². The van der Waals surface area contributed by atoms with E-state index in [0.717, 1.165) is 44.5 Å². The van der Waals surface area contributed by atoms with Gasteiger partial charge >= 0.3 is 0 Å². The molecule has 2 aliphatic heterocycles. The van der Waals surface area contributed by atoms with Crippen molar-refractivity contribution in [2.75, 3.05) is 24.5 Å². The second-order valence-electron chi connectivity index (χ2n) is 6.43. The highest BCUT2D eigenvalue weighted by Gasteiger charge is 2.21. The van der Waals surface area contributed by atoms with E-state index in [1.54, 1.807) is 0 Å². The van der Waals surface area contributed by atoms with Crippen LogP contribution in [0.1, 0.15) is 35.2 Å². The van der Waals surface area contributed by atoms with Crippen LogP contribution >= 0.6 is 0 Å². The highest BCUT2D eigenvalue weighted by Crippen LogP contribution is 2.34. The Morgan fingerprint density at radius 3 is 2.35 bits per heavy atom. The van der Waals surface area contributed by atoms with Gasteiger partial charge in [-0.3, -0.25) is 4.79 Å². The van der Waals surface area contributed by atoms with Crippen LogP contribution in [0.4, 0.5) is 11.4 Å². The standard InChI is InChI=1S/C20H22N2O/c23-20(21-13-4-1-5-14-21)17-8-10-18(11-9-17)22-15-12-16-6-2-3-7-19(16)22/h2-3,6-11H,1,4-5,12-15H2. The van der Waals surface area contributed by atoms with Gasteiger partial charge in [0.15, 0.2) is 0 Å². The normalized spacial score (nSPS) is 17.2. The molecule has 3 nitrogen and oxygen atoms in total. The fourth-order valence-electron chi connectivity index (χ4n) is 3.67. The van der Waals surface area contributed by atoms with Gasteiger partial charge < -0.3 is 9.80 Å². The summed E-state index contributed by atoms with van der Waals surface area (Å²) in [7, 11) is 0. The third-order valence-electron chi connectivity index (χ3n) is 4.96. The molecule has 23 heavy (non-hydrogen) atoms. The Balaban J connectivity index is 1.53.